The predicted octanol–water partition coefficient (Wildman–Crippen LogP) is 1.50. The molecule has 1 rings (SSSR count). The molecule has 0 saturated carbocycles. The second-order valence-electron chi connectivity index (χ2n) is 3.68. The number of benzene rings is 1. The number of nitrogens with one attached hydrogen (secondary N) is 1. The van der Waals surface area contributed by atoms with Crippen LogP contribution < -0.4 is 5.32 Å². The van der Waals surface area contributed by atoms with Crippen molar-refractivity contribution in [1.29, 1.82) is 0 Å². The van der Waals surface area contributed by atoms with Gasteiger partial charge in [0.05, 0.1) is 11.0 Å². The minimum atomic E-state index is -1.03. The predicted molar refractivity (Wildman–Crippen MR) is 61.9 cm³/mol. The molecule has 0 saturated heterocycles. The van der Waals surface area contributed by atoms with Crippen molar-refractivity contribution in [3.63, 3.8) is 0 Å². The monoisotopic (exact) mass is 256 g/mol. The molecule has 1 amide bonds. The van der Waals surface area contributed by atoms with E-state index < -0.39 is 22.3 Å². The van der Waals surface area contributed by atoms with E-state index in [2.05, 4.69) is 5.32 Å². The summed E-state index contributed by atoms with van der Waals surface area (Å²) in [4.78, 5) is 21.2. The van der Waals surface area contributed by atoms with Gasteiger partial charge in [-0.1, -0.05) is 0 Å². The molecule has 6 nitrogen and oxygen atoms in total. The molecule has 0 aliphatic heterocycles. The van der Waals surface area contributed by atoms with Gasteiger partial charge in [0.15, 0.2) is 0 Å². The zero-order chi connectivity index (χ0) is 13.7. The Labute approximate surface area is 103 Å². The van der Waals surface area contributed by atoms with Crippen molar-refractivity contribution in [3.05, 3.63) is 39.7 Å². The molecule has 1 N–H and O–H groups in total. The van der Waals surface area contributed by atoms with E-state index >= 15 is 0 Å². The van der Waals surface area contributed by atoms with Crippen molar-refractivity contribution in [3.8, 4) is 0 Å². The van der Waals surface area contributed by atoms with Crippen LogP contribution in [0.1, 0.15) is 17.3 Å². The number of amides is 1. The molecule has 1 aromatic carbocycles. The van der Waals surface area contributed by atoms with Crippen LogP contribution in [0.15, 0.2) is 18.2 Å². The van der Waals surface area contributed by atoms with E-state index in [4.69, 9.17) is 4.74 Å². The van der Waals surface area contributed by atoms with Gasteiger partial charge in [0, 0.05) is 25.3 Å². The Bertz CT molecular complexity index is 464. The van der Waals surface area contributed by atoms with Crippen molar-refractivity contribution in [1.82, 2.24) is 5.32 Å². The summed E-state index contributed by atoms with van der Waals surface area (Å²) in [6, 6.07) is 3.00. The Kier molecular flexibility index (Phi) is 4.73. The number of rotatable bonds is 5. The highest BCUT2D eigenvalue weighted by Gasteiger charge is 2.16. The van der Waals surface area contributed by atoms with Crippen LogP contribution in [-0.2, 0) is 4.74 Å². The lowest BCUT2D eigenvalue weighted by Gasteiger charge is -2.10. The van der Waals surface area contributed by atoms with Crippen molar-refractivity contribution in [2.75, 3.05) is 13.7 Å². The number of carbonyl (C=O) groups excluding carboxylic acids is 1. The first kappa shape index (κ1) is 14.0. The number of hydrogen-bond acceptors (Lipinski definition) is 4. The SMILES string of the molecule is COC(C)CNC(=O)c1ccc([N+](=O)[O-])c(F)c1. The van der Waals surface area contributed by atoms with E-state index in [1.807, 2.05) is 0 Å². The molecule has 0 aliphatic rings. The first-order chi connectivity index (χ1) is 8.45. The number of ether oxygens (including phenoxy) is 1. The normalized spacial score (nSPS) is 11.9. The van der Waals surface area contributed by atoms with Crippen LogP contribution in [0.3, 0.4) is 0 Å². The summed E-state index contributed by atoms with van der Waals surface area (Å²) in [5.41, 5.74) is -0.627. The van der Waals surface area contributed by atoms with Crippen LogP contribution >= 0.6 is 0 Å². The van der Waals surface area contributed by atoms with Crippen LogP contribution in [0.25, 0.3) is 0 Å². The Balaban J connectivity index is 2.76. The molecule has 0 heterocycles. The average molecular weight is 256 g/mol. The highest BCUT2D eigenvalue weighted by molar-refractivity contribution is 5.94. The van der Waals surface area contributed by atoms with Gasteiger partial charge in [0.2, 0.25) is 5.82 Å². The highest BCUT2D eigenvalue weighted by atomic mass is 19.1. The largest absolute Gasteiger partial charge is 0.380 e. The van der Waals surface area contributed by atoms with E-state index in [1.165, 1.54) is 13.2 Å². The number of methoxy groups -OCH3 is 1. The average Bonchev–Trinajstić information content (AvgIpc) is 2.34. The molecular formula is C11H13FN2O4. The third kappa shape index (κ3) is 3.49. The second-order valence-corrected chi connectivity index (χ2v) is 3.68. The molecule has 0 fully saturated rings. The third-order valence-electron chi connectivity index (χ3n) is 2.36. The number of nitro benzene ring substituents is 1. The fourth-order valence-corrected chi connectivity index (χ4v) is 1.22. The van der Waals surface area contributed by atoms with Crippen LogP contribution in [0.5, 0.6) is 0 Å². The number of nitrogens with zero attached hydrogens (tertiary/aromatic N) is 1. The second kappa shape index (κ2) is 6.06. The van der Waals surface area contributed by atoms with Crippen LogP contribution in [0, 0.1) is 15.9 Å². The molecule has 0 radical (unpaired) electrons. The standard InChI is InChI=1S/C11H13FN2O4/c1-7(18-2)6-13-11(15)8-3-4-10(14(16)17)9(12)5-8/h3-5,7H,6H2,1-2H3,(H,13,15). The van der Waals surface area contributed by atoms with E-state index in [0.29, 0.717) is 0 Å². The van der Waals surface area contributed by atoms with Gasteiger partial charge in [-0.3, -0.25) is 14.9 Å². The summed E-state index contributed by atoms with van der Waals surface area (Å²) < 4.78 is 18.2. The lowest BCUT2D eigenvalue weighted by molar-refractivity contribution is -0.387. The molecule has 1 aromatic rings. The summed E-state index contributed by atoms with van der Waals surface area (Å²) in [7, 11) is 1.50. The first-order valence-corrected chi connectivity index (χ1v) is 5.20. The van der Waals surface area contributed by atoms with Crippen molar-refractivity contribution in [2.24, 2.45) is 0 Å². The zero-order valence-corrected chi connectivity index (χ0v) is 9.97. The van der Waals surface area contributed by atoms with Gasteiger partial charge in [0.1, 0.15) is 0 Å². The number of nitro groups is 1. The van der Waals surface area contributed by atoms with E-state index in [-0.39, 0.29) is 18.2 Å². The number of hydrogen-bond donors (Lipinski definition) is 1. The molecule has 0 spiro atoms. The zero-order valence-electron chi connectivity index (χ0n) is 9.97. The Hall–Kier alpha value is -2.02. The van der Waals surface area contributed by atoms with Gasteiger partial charge in [-0.2, -0.15) is 4.39 Å². The molecule has 1 unspecified atom stereocenters. The molecule has 1 atom stereocenters. The third-order valence-corrected chi connectivity index (χ3v) is 2.36. The summed E-state index contributed by atoms with van der Waals surface area (Å²) in [6.07, 6.45) is -0.170. The maximum Gasteiger partial charge on any atom is 0.304 e. The van der Waals surface area contributed by atoms with Crippen molar-refractivity contribution in [2.45, 2.75) is 13.0 Å². The number of carbonyl (C=O) groups is 1. The maximum atomic E-state index is 13.3. The molecule has 0 aromatic heterocycles. The van der Waals surface area contributed by atoms with E-state index in [0.717, 1.165) is 12.1 Å². The van der Waals surface area contributed by atoms with Crippen LogP contribution in [-0.4, -0.2) is 30.6 Å². The minimum Gasteiger partial charge on any atom is -0.380 e. The molecule has 7 heteroatoms. The van der Waals surface area contributed by atoms with E-state index in [9.17, 15) is 19.3 Å². The van der Waals surface area contributed by atoms with Gasteiger partial charge in [-0.25, -0.2) is 0 Å². The van der Waals surface area contributed by atoms with Gasteiger partial charge in [-0.05, 0) is 19.1 Å². The van der Waals surface area contributed by atoms with Crippen LogP contribution in [0.2, 0.25) is 0 Å². The summed E-state index contributed by atoms with van der Waals surface area (Å²) in [6.45, 7) is 2.03. The summed E-state index contributed by atoms with van der Waals surface area (Å²) in [5.74, 6) is -1.54. The molecule has 98 valence electrons. The minimum absolute atomic E-state index is 0.0291. The quantitative estimate of drug-likeness (QED) is 0.639. The van der Waals surface area contributed by atoms with Gasteiger partial charge in [0.25, 0.3) is 5.91 Å². The van der Waals surface area contributed by atoms with Gasteiger partial charge in [-0.15, -0.1) is 0 Å². The van der Waals surface area contributed by atoms with Crippen molar-refractivity contribution < 1.29 is 18.8 Å². The first-order valence-electron chi connectivity index (χ1n) is 5.20. The Morgan fingerprint density at radius 3 is 2.78 bits per heavy atom. The van der Waals surface area contributed by atoms with Gasteiger partial charge >= 0.3 is 5.69 Å². The number of halogens is 1. The highest BCUT2D eigenvalue weighted by Crippen LogP contribution is 2.17. The topological polar surface area (TPSA) is 81.5 Å². The van der Waals surface area contributed by atoms with Gasteiger partial charge < -0.3 is 10.1 Å². The van der Waals surface area contributed by atoms with Crippen molar-refractivity contribution >= 4 is 11.6 Å². The lowest BCUT2D eigenvalue weighted by Crippen LogP contribution is -2.31. The Morgan fingerprint density at radius 2 is 2.28 bits per heavy atom. The fraction of sp³-hybridized carbons (Fsp3) is 0.364. The molecule has 0 bridgehead atoms. The summed E-state index contributed by atoms with van der Waals surface area (Å²) in [5, 5.41) is 12.9. The molecule has 0 aliphatic carbocycles. The van der Waals surface area contributed by atoms with E-state index in [1.54, 1.807) is 6.92 Å². The molecular weight excluding hydrogens is 243 g/mol. The Morgan fingerprint density at radius 1 is 1.61 bits per heavy atom. The molecule has 18 heavy (non-hydrogen) atoms. The lowest BCUT2D eigenvalue weighted by atomic mass is 10.2. The fourth-order valence-electron chi connectivity index (χ4n) is 1.22. The smallest absolute Gasteiger partial charge is 0.304 e. The maximum absolute atomic E-state index is 13.3. The van der Waals surface area contributed by atoms with Crippen LogP contribution in [0.4, 0.5) is 10.1 Å². The summed E-state index contributed by atoms with van der Waals surface area (Å²) >= 11 is 0.